The summed E-state index contributed by atoms with van der Waals surface area (Å²) in [5.41, 5.74) is 1.43. The number of carbonyl (C=O) groups excluding carboxylic acids is 1. The number of aryl methyl sites for hydroxylation is 1. The van der Waals surface area contributed by atoms with E-state index in [1.807, 2.05) is 0 Å². The minimum atomic E-state index is -4.51. The van der Waals surface area contributed by atoms with Gasteiger partial charge in [-0.2, -0.15) is 13.2 Å². The van der Waals surface area contributed by atoms with Crippen LogP contribution in [0.1, 0.15) is 15.9 Å². The van der Waals surface area contributed by atoms with E-state index in [1.165, 1.54) is 16.9 Å². The van der Waals surface area contributed by atoms with Crippen molar-refractivity contribution in [2.75, 3.05) is 6.54 Å². The molecule has 130 valence electrons. The Hall–Kier alpha value is -2.97. The third-order valence-corrected chi connectivity index (χ3v) is 3.56. The minimum Gasteiger partial charge on any atom is -0.325 e. The first-order valence-corrected chi connectivity index (χ1v) is 7.39. The number of halogens is 3. The van der Waals surface area contributed by atoms with Crippen LogP contribution in [0.25, 0.3) is 11.2 Å². The summed E-state index contributed by atoms with van der Waals surface area (Å²) in [5.74, 6) is -0.763. The summed E-state index contributed by atoms with van der Waals surface area (Å²) in [4.78, 5) is 17.4. The Labute approximate surface area is 140 Å². The normalized spacial score (nSPS) is 11.7. The molecule has 1 aromatic carbocycles. The number of amides is 1. The van der Waals surface area contributed by atoms with E-state index in [9.17, 15) is 18.0 Å². The molecule has 0 saturated carbocycles. The second kappa shape index (κ2) is 6.50. The van der Waals surface area contributed by atoms with Gasteiger partial charge in [-0.25, -0.2) is 9.67 Å². The number of alkyl halides is 3. The third kappa shape index (κ3) is 3.93. The second-order valence-electron chi connectivity index (χ2n) is 5.54. The van der Waals surface area contributed by atoms with Crippen LogP contribution in [0.5, 0.6) is 0 Å². The molecule has 0 atom stereocenters. The van der Waals surface area contributed by atoms with Crippen molar-refractivity contribution < 1.29 is 18.0 Å². The van der Waals surface area contributed by atoms with Crippen LogP contribution in [0.4, 0.5) is 13.2 Å². The number of aromatic nitrogens is 4. The van der Waals surface area contributed by atoms with Gasteiger partial charge in [0.05, 0.1) is 5.56 Å². The SMILES string of the molecule is Cn1nnc2cc(C(=O)N(Cc3ccccc3)CC(F)(F)F)cnc21. The highest BCUT2D eigenvalue weighted by Crippen LogP contribution is 2.21. The van der Waals surface area contributed by atoms with Crippen LogP contribution in [0, 0.1) is 0 Å². The largest absolute Gasteiger partial charge is 0.406 e. The summed E-state index contributed by atoms with van der Waals surface area (Å²) >= 11 is 0. The Kier molecular flexibility index (Phi) is 4.39. The van der Waals surface area contributed by atoms with Gasteiger partial charge in [-0.15, -0.1) is 5.10 Å². The zero-order chi connectivity index (χ0) is 18.0. The first kappa shape index (κ1) is 16.9. The van der Waals surface area contributed by atoms with Crippen molar-refractivity contribution in [2.45, 2.75) is 12.7 Å². The van der Waals surface area contributed by atoms with Crippen LogP contribution in [0.3, 0.4) is 0 Å². The van der Waals surface area contributed by atoms with Gasteiger partial charge in [0.25, 0.3) is 5.91 Å². The van der Waals surface area contributed by atoms with Gasteiger partial charge in [-0.3, -0.25) is 4.79 Å². The van der Waals surface area contributed by atoms with Crippen LogP contribution in [0.2, 0.25) is 0 Å². The molecule has 0 spiro atoms. The number of carbonyl (C=O) groups is 1. The molecule has 0 unspecified atom stereocenters. The second-order valence-corrected chi connectivity index (χ2v) is 5.54. The van der Waals surface area contributed by atoms with Crippen LogP contribution < -0.4 is 0 Å². The highest BCUT2D eigenvalue weighted by Gasteiger charge is 2.33. The summed E-state index contributed by atoms with van der Waals surface area (Å²) in [6.45, 7) is -1.50. The number of hydrogen-bond acceptors (Lipinski definition) is 4. The quantitative estimate of drug-likeness (QED) is 0.726. The number of benzene rings is 1. The van der Waals surface area contributed by atoms with Gasteiger partial charge in [0.2, 0.25) is 0 Å². The molecule has 0 aliphatic carbocycles. The van der Waals surface area contributed by atoms with Gasteiger partial charge < -0.3 is 4.90 Å². The fourth-order valence-electron chi connectivity index (χ4n) is 2.45. The molecule has 3 rings (SSSR count). The smallest absolute Gasteiger partial charge is 0.325 e. The number of rotatable bonds is 4. The van der Waals surface area contributed by atoms with Crippen molar-refractivity contribution in [3.63, 3.8) is 0 Å². The maximum Gasteiger partial charge on any atom is 0.406 e. The molecule has 2 aromatic heterocycles. The summed E-state index contributed by atoms with van der Waals surface area (Å²) < 4.78 is 40.1. The van der Waals surface area contributed by atoms with Crippen molar-refractivity contribution in [1.29, 1.82) is 0 Å². The van der Waals surface area contributed by atoms with Gasteiger partial charge >= 0.3 is 6.18 Å². The summed E-state index contributed by atoms with van der Waals surface area (Å²) in [7, 11) is 1.63. The first-order valence-electron chi connectivity index (χ1n) is 7.39. The van der Waals surface area contributed by atoms with Crippen molar-refractivity contribution in [2.24, 2.45) is 7.05 Å². The summed E-state index contributed by atoms with van der Waals surface area (Å²) in [6, 6.07) is 9.90. The Morgan fingerprint density at radius 1 is 1.24 bits per heavy atom. The van der Waals surface area contributed by atoms with E-state index in [0.717, 1.165) is 4.90 Å². The van der Waals surface area contributed by atoms with Gasteiger partial charge in [0, 0.05) is 19.8 Å². The number of nitrogens with zero attached hydrogens (tertiary/aromatic N) is 5. The fourth-order valence-corrected chi connectivity index (χ4v) is 2.45. The molecule has 0 bridgehead atoms. The lowest BCUT2D eigenvalue weighted by molar-refractivity contribution is -0.141. The lowest BCUT2D eigenvalue weighted by Crippen LogP contribution is -2.38. The zero-order valence-corrected chi connectivity index (χ0v) is 13.2. The molecular formula is C16H14F3N5O. The lowest BCUT2D eigenvalue weighted by atomic mass is 10.2. The lowest BCUT2D eigenvalue weighted by Gasteiger charge is -2.24. The van der Waals surface area contributed by atoms with Gasteiger partial charge in [-0.1, -0.05) is 35.5 Å². The Balaban J connectivity index is 1.91. The zero-order valence-electron chi connectivity index (χ0n) is 13.2. The van der Waals surface area contributed by atoms with E-state index in [1.54, 1.807) is 37.4 Å². The van der Waals surface area contributed by atoms with E-state index in [0.29, 0.717) is 16.7 Å². The van der Waals surface area contributed by atoms with E-state index in [4.69, 9.17) is 0 Å². The van der Waals surface area contributed by atoms with Crippen molar-refractivity contribution in [3.05, 3.63) is 53.7 Å². The molecule has 3 aromatic rings. The van der Waals surface area contributed by atoms with Crippen molar-refractivity contribution in [1.82, 2.24) is 24.9 Å². The third-order valence-electron chi connectivity index (χ3n) is 3.56. The minimum absolute atomic E-state index is 0.0354. The summed E-state index contributed by atoms with van der Waals surface area (Å²) in [6.07, 6.45) is -3.27. The number of hydrogen-bond donors (Lipinski definition) is 0. The molecule has 0 aliphatic heterocycles. The van der Waals surface area contributed by atoms with E-state index >= 15 is 0 Å². The molecular weight excluding hydrogens is 335 g/mol. The Morgan fingerprint density at radius 2 is 1.96 bits per heavy atom. The average Bonchev–Trinajstić information content (AvgIpc) is 2.94. The molecule has 0 saturated heterocycles. The first-order chi connectivity index (χ1) is 11.8. The molecule has 0 aliphatic rings. The maximum atomic E-state index is 12.9. The molecule has 9 heteroatoms. The molecule has 0 radical (unpaired) electrons. The Morgan fingerprint density at radius 3 is 2.64 bits per heavy atom. The van der Waals surface area contributed by atoms with Crippen LogP contribution in [-0.4, -0.2) is 43.5 Å². The van der Waals surface area contributed by atoms with Crippen LogP contribution in [-0.2, 0) is 13.6 Å². The van der Waals surface area contributed by atoms with Crippen molar-refractivity contribution in [3.8, 4) is 0 Å². The van der Waals surface area contributed by atoms with E-state index in [2.05, 4.69) is 15.3 Å². The van der Waals surface area contributed by atoms with Gasteiger partial charge in [0.1, 0.15) is 12.1 Å². The Bertz CT molecular complexity index is 892. The van der Waals surface area contributed by atoms with Gasteiger partial charge in [-0.05, 0) is 11.6 Å². The monoisotopic (exact) mass is 349 g/mol. The average molecular weight is 349 g/mol. The van der Waals surface area contributed by atoms with Crippen LogP contribution >= 0.6 is 0 Å². The van der Waals surface area contributed by atoms with E-state index < -0.39 is 18.6 Å². The molecule has 6 nitrogen and oxygen atoms in total. The van der Waals surface area contributed by atoms with Crippen LogP contribution in [0.15, 0.2) is 42.6 Å². The number of pyridine rings is 1. The fraction of sp³-hybridized carbons (Fsp3) is 0.250. The standard InChI is InChI=1S/C16H14F3N5O/c1-23-14-13(21-22-23)7-12(8-20-14)15(25)24(10-16(17,18)19)9-11-5-3-2-4-6-11/h2-8H,9-10H2,1H3. The topological polar surface area (TPSA) is 63.9 Å². The molecule has 25 heavy (non-hydrogen) atoms. The molecule has 0 fully saturated rings. The van der Waals surface area contributed by atoms with E-state index in [-0.39, 0.29) is 12.1 Å². The molecule has 0 N–H and O–H groups in total. The number of fused-ring (bicyclic) bond motifs is 1. The molecule has 1 amide bonds. The summed E-state index contributed by atoms with van der Waals surface area (Å²) in [5, 5.41) is 7.60. The highest BCUT2D eigenvalue weighted by molar-refractivity contribution is 5.96. The highest BCUT2D eigenvalue weighted by atomic mass is 19.4. The van der Waals surface area contributed by atoms with Crippen molar-refractivity contribution >= 4 is 17.1 Å². The van der Waals surface area contributed by atoms with Gasteiger partial charge in [0.15, 0.2) is 5.65 Å². The predicted molar refractivity (Wildman–Crippen MR) is 83.5 cm³/mol. The molecule has 2 heterocycles. The maximum absolute atomic E-state index is 12.9. The predicted octanol–water partition coefficient (Wildman–Crippen LogP) is 2.57.